The monoisotopic (exact) mass is 255 g/mol. The van der Waals surface area contributed by atoms with Gasteiger partial charge in [0.25, 0.3) is 0 Å². The molecule has 1 saturated carbocycles. The lowest BCUT2D eigenvalue weighted by Crippen LogP contribution is -2.40. The molecule has 0 spiro atoms. The number of carbonyl (C=O) groups excluding carboxylic acids is 1. The first kappa shape index (κ1) is 15.5. The Balaban J connectivity index is 2.24. The lowest BCUT2D eigenvalue weighted by Gasteiger charge is -2.29. The molecular weight excluding hydrogens is 226 g/mol. The summed E-state index contributed by atoms with van der Waals surface area (Å²) in [4.78, 5) is 11.7. The molecule has 1 unspecified atom stereocenters. The first-order chi connectivity index (χ1) is 8.71. The molecule has 0 aliphatic heterocycles. The number of nitrogens with one attached hydrogen (secondary N) is 1. The lowest BCUT2D eigenvalue weighted by molar-refractivity contribution is -0.145. The van der Waals surface area contributed by atoms with E-state index in [2.05, 4.69) is 12.2 Å². The van der Waals surface area contributed by atoms with Crippen LogP contribution in [0.4, 0.5) is 0 Å². The van der Waals surface area contributed by atoms with Crippen molar-refractivity contribution in [3.05, 3.63) is 0 Å². The Bertz CT molecular complexity index is 235. The highest BCUT2D eigenvalue weighted by molar-refractivity contribution is 5.75. The van der Waals surface area contributed by atoms with E-state index in [1.807, 2.05) is 13.8 Å². The highest BCUT2D eigenvalue weighted by Crippen LogP contribution is 2.30. The molecule has 0 radical (unpaired) electrons. The molecule has 0 amide bonds. The highest BCUT2D eigenvalue weighted by Gasteiger charge is 2.22. The molecular formula is C15H29NO2. The summed E-state index contributed by atoms with van der Waals surface area (Å²) >= 11 is 0. The molecule has 0 aromatic heterocycles. The Kier molecular flexibility index (Phi) is 7.33. The van der Waals surface area contributed by atoms with Crippen molar-refractivity contribution < 1.29 is 9.53 Å². The fraction of sp³-hybridized carbons (Fsp3) is 0.933. The third-order valence-electron chi connectivity index (χ3n) is 4.18. The van der Waals surface area contributed by atoms with Gasteiger partial charge in [-0.2, -0.15) is 0 Å². The molecule has 0 heterocycles. The van der Waals surface area contributed by atoms with Gasteiger partial charge in [-0.05, 0) is 44.6 Å². The zero-order chi connectivity index (χ0) is 13.4. The largest absolute Gasteiger partial charge is 0.465 e. The van der Waals surface area contributed by atoms with Crippen molar-refractivity contribution in [2.45, 2.75) is 65.3 Å². The Morgan fingerprint density at radius 3 is 2.28 bits per heavy atom. The Morgan fingerprint density at radius 2 is 1.78 bits per heavy atom. The van der Waals surface area contributed by atoms with Crippen molar-refractivity contribution in [1.82, 2.24) is 5.32 Å². The van der Waals surface area contributed by atoms with E-state index in [4.69, 9.17) is 4.74 Å². The summed E-state index contributed by atoms with van der Waals surface area (Å²) in [5.41, 5.74) is 0. The number of hydrogen-bond acceptors (Lipinski definition) is 3. The summed E-state index contributed by atoms with van der Waals surface area (Å²) in [5, 5.41) is 3.38. The van der Waals surface area contributed by atoms with Crippen LogP contribution in [-0.2, 0) is 9.53 Å². The highest BCUT2D eigenvalue weighted by atomic mass is 16.5. The minimum absolute atomic E-state index is 0.0951. The number of hydrogen-bond donors (Lipinski definition) is 1. The van der Waals surface area contributed by atoms with Gasteiger partial charge in [0.05, 0.1) is 6.61 Å². The average Bonchev–Trinajstić information content (AvgIpc) is 2.40. The topological polar surface area (TPSA) is 38.3 Å². The van der Waals surface area contributed by atoms with Crippen molar-refractivity contribution in [3.63, 3.8) is 0 Å². The maximum absolute atomic E-state index is 11.7. The SMILES string of the molecule is CCOC(=O)C(CC)NCC1CCC(CC)CC1. The van der Waals surface area contributed by atoms with Gasteiger partial charge in [-0.15, -0.1) is 0 Å². The van der Waals surface area contributed by atoms with Gasteiger partial charge in [-0.1, -0.05) is 33.1 Å². The zero-order valence-corrected chi connectivity index (χ0v) is 12.2. The van der Waals surface area contributed by atoms with Gasteiger partial charge in [0.1, 0.15) is 6.04 Å². The summed E-state index contributed by atoms with van der Waals surface area (Å²) in [7, 11) is 0. The number of esters is 1. The molecule has 3 nitrogen and oxygen atoms in total. The second-order valence-electron chi connectivity index (χ2n) is 5.42. The summed E-state index contributed by atoms with van der Waals surface area (Å²) in [6.07, 6.45) is 7.47. The zero-order valence-electron chi connectivity index (χ0n) is 12.2. The predicted molar refractivity (Wildman–Crippen MR) is 74.5 cm³/mol. The second-order valence-corrected chi connectivity index (χ2v) is 5.42. The van der Waals surface area contributed by atoms with Crippen molar-refractivity contribution in [2.24, 2.45) is 11.8 Å². The standard InChI is InChI=1S/C15H29NO2/c1-4-12-7-9-13(10-8-12)11-16-14(5-2)15(17)18-6-3/h12-14,16H,4-11H2,1-3H3. The van der Waals surface area contributed by atoms with E-state index in [-0.39, 0.29) is 12.0 Å². The van der Waals surface area contributed by atoms with Crippen LogP contribution in [0, 0.1) is 11.8 Å². The molecule has 0 aromatic carbocycles. The smallest absolute Gasteiger partial charge is 0.323 e. The molecule has 1 aliphatic carbocycles. The molecule has 1 fully saturated rings. The van der Waals surface area contributed by atoms with Gasteiger partial charge in [-0.25, -0.2) is 0 Å². The van der Waals surface area contributed by atoms with E-state index in [0.717, 1.165) is 24.8 Å². The van der Waals surface area contributed by atoms with Crippen molar-refractivity contribution in [1.29, 1.82) is 0 Å². The van der Waals surface area contributed by atoms with Crippen LogP contribution in [0.25, 0.3) is 0 Å². The Hall–Kier alpha value is -0.570. The first-order valence-electron chi connectivity index (χ1n) is 7.61. The van der Waals surface area contributed by atoms with Gasteiger partial charge in [-0.3, -0.25) is 4.79 Å². The summed E-state index contributed by atoms with van der Waals surface area (Å²) in [6.45, 7) is 7.61. The molecule has 1 N–H and O–H groups in total. The predicted octanol–water partition coefficient (Wildman–Crippen LogP) is 3.13. The average molecular weight is 255 g/mol. The number of rotatable bonds is 7. The maximum atomic E-state index is 11.7. The van der Waals surface area contributed by atoms with E-state index >= 15 is 0 Å². The van der Waals surface area contributed by atoms with Crippen LogP contribution in [0.1, 0.15) is 59.3 Å². The summed E-state index contributed by atoms with van der Waals surface area (Å²) < 4.78 is 5.07. The molecule has 1 atom stereocenters. The van der Waals surface area contributed by atoms with E-state index in [9.17, 15) is 4.79 Å². The third kappa shape index (κ3) is 4.97. The van der Waals surface area contributed by atoms with E-state index in [1.54, 1.807) is 0 Å². The summed E-state index contributed by atoms with van der Waals surface area (Å²) in [6, 6.07) is -0.117. The van der Waals surface area contributed by atoms with E-state index in [0.29, 0.717) is 6.61 Å². The Morgan fingerprint density at radius 1 is 1.17 bits per heavy atom. The minimum atomic E-state index is -0.117. The molecule has 0 saturated heterocycles. The van der Waals surface area contributed by atoms with Crippen LogP contribution in [0.3, 0.4) is 0 Å². The van der Waals surface area contributed by atoms with Crippen molar-refractivity contribution >= 4 is 5.97 Å². The van der Waals surface area contributed by atoms with Crippen LogP contribution in [0.15, 0.2) is 0 Å². The summed E-state index contributed by atoms with van der Waals surface area (Å²) in [5.74, 6) is 1.59. The molecule has 0 bridgehead atoms. The third-order valence-corrected chi connectivity index (χ3v) is 4.18. The number of ether oxygens (including phenoxy) is 1. The molecule has 3 heteroatoms. The maximum Gasteiger partial charge on any atom is 0.323 e. The fourth-order valence-corrected chi connectivity index (χ4v) is 2.79. The second kappa shape index (κ2) is 8.52. The fourth-order valence-electron chi connectivity index (χ4n) is 2.79. The van der Waals surface area contributed by atoms with Crippen molar-refractivity contribution in [2.75, 3.05) is 13.2 Å². The van der Waals surface area contributed by atoms with Gasteiger partial charge < -0.3 is 10.1 Å². The lowest BCUT2D eigenvalue weighted by atomic mass is 9.81. The molecule has 1 aliphatic rings. The van der Waals surface area contributed by atoms with Gasteiger partial charge >= 0.3 is 5.97 Å². The number of carbonyl (C=O) groups is 1. The van der Waals surface area contributed by atoms with Crippen LogP contribution in [0.5, 0.6) is 0 Å². The first-order valence-corrected chi connectivity index (χ1v) is 7.61. The van der Waals surface area contributed by atoms with Crippen molar-refractivity contribution in [3.8, 4) is 0 Å². The van der Waals surface area contributed by atoms with Gasteiger partial charge in [0.2, 0.25) is 0 Å². The minimum Gasteiger partial charge on any atom is -0.465 e. The van der Waals surface area contributed by atoms with Crippen LogP contribution in [0.2, 0.25) is 0 Å². The quantitative estimate of drug-likeness (QED) is 0.710. The normalized spacial score (nSPS) is 25.7. The molecule has 18 heavy (non-hydrogen) atoms. The van der Waals surface area contributed by atoms with Crippen LogP contribution >= 0.6 is 0 Å². The molecule has 1 rings (SSSR count). The van der Waals surface area contributed by atoms with Gasteiger partial charge in [0.15, 0.2) is 0 Å². The Labute approximate surface area is 112 Å². The molecule has 0 aromatic rings. The van der Waals surface area contributed by atoms with Crippen LogP contribution in [-0.4, -0.2) is 25.2 Å². The van der Waals surface area contributed by atoms with Crippen LogP contribution < -0.4 is 5.32 Å². The molecule has 106 valence electrons. The van der Waals surface area contributed by atoms with E-state index in [1.165, 1.54) is 32.1 Å². The van der Waals surface area contributed by atoms with Gasteiger partial charge in [0, 0.05) is 0 Å². The van der Waals surface area contributed by atoms with E-state index < -0.39 is 0 Å².